The van der Waals surface area contributed by atoms with Gasteiger partial charge in [0, 0.05) is 6.07 Å². The van der Waals surface area contributed by atoms with Gasteiger partial charge in [0.15, 0.2) is 0 Å². The van der Waals surface area contributed by atoms with Gasteiger partial charge in [0.05, 0.1) is 12.1 Å². The van der Waals surface area contributed by atoms with Crippen molar-refractivity contribution >= 4 is 5.91 Å². The topological polar surface area (TPSA) is 38.3 Å². The Bertz CT molecular complexity index is 644. The van der Waals surface area contributed by atoms with E-state index in [2.05, 4.69) is 5.32 Å². The van der Waals surface area contributed by atoms with Gasteiger partial charge in [-0.3, -0.25) is 4.79 Å². The molecule has 3 nitrogen and oxygen atoms in total. The first-order valence-corrected chi connectivity index (χ1v) is 6.49. The number of aryl methyl sites for hydroxylation is 1. The molecule has 1 N–H and O–H groups in total. The van der Waals surface area contributed by atoms with Crippen molar-refractivity contribution in [3.63, 3.8) is 0 Å². The van der Waals surface area contributed by atoms with Gasteiger partial charge in [-0.2, -0.15) is 0 Å². The van der Waals surface area contributed by atoms with Gasteiger partial charge < -0.3 is 10.1 Å². The molecule has 2 aromatic rings. The lowest BCUT2D eigenvalue weighted by Gasteiger charge is -2.08. The zero-order chi connectivity index (χ0) is 15.2. The maximum absolute atomic E-state index is 13.4. The van der Waals surface area contributed by atoms with Gasteiger partial charge in [-0.05, 0) is 36.8 Å². The third-order valence-corrected chi connectivity index (χ3v) is 2.82. The minimum Gasteiger partial charge on any atom is -0.492 e. The smallest absolute Gasteiger partial charge is 0.254 e. The van der Waals surface area contributed by atoms with Crippen LogP contribution >= 0.6 is 0 Å². The SMILES string of the molecule is Cc1cccc(OCCNC(=O)c2ccc(F)cc2F)c1. The summed E-state index contributed by atoms with van der Waals surface area (Å²) in [5.41, 5.74) is 0.886. The molecule has 21 heavy (non-hydrogen) atoms. The molecule has 0 spiro atoms. The first kappa shape index (κ1) is 15.0. The maximum Gasteiger partial charge on any atom is 0.254 e. The Labute approximate surface area is 121 Å². The summed E-state index contributed by atoms with van der Waals surface area (Å²) >= 11 is 0. The highest BCUT2D eigenvalue weighted by molar-refractivity contribution is 5.94. The number of carbonyl (C=O) groups is 1. The van der Waals surface area contributed by atoms with E-state index in [1.54, 1.807) is 0 Å². The molecule has 0 aliphatic rings. The summed E-state index contributed by atoms with van der Waals surface area (Å²) in [5.74, 6) is -1.49. The Balaban J connectivity index is 1.82. The number of carbonyl (C=O) groups excluding carboxylic acids is 1. The molecule has 0 aliphatic carbocycles. The monoisotopic (exact) mass is 291 g/mol. The Hall–Kier alpha value is -2.43. The number of hydrogen-bond donors (Lipinski definition) is 1. The quantitative estimate of drug-likeness (QED) is 0.860. The van der Waals surface area contributed by atoms with Gasteiger partial charge in [0.2, 0.25) is 0 Å². The maximum atomic E-state index is 13.4. The predicted octanol–water partition coefficient (Wildman–Crippen LogP) is 3.08. The lowest BCUT2D eigenvalue weighted by atomic mass is 10.2. The molecule has 0 saturated heterocycles. The lowest BCUT2D eigenvalue weighted by Crippen LogP contribution is -2.28. The normalized spacial score (nSPS) is 10.2. The van der Waals surface area contributed by atoms with Crippen molar-refractivity contribution < 1.29 is 18.3 Å². The molecule has 0 aliphatic heterocycles. The molecule has 2 rings (SSSR count). The van der Waals surface area contributed by atoms with E-state index in [-0.39, 0.29) is 18.7 Å². The van der Waals surface area contributed by atoms with Gasteiger partial charge in [-0.15, -0.1) is 0 Å². The second-order valence-corrected chi connectivity index (χ2v) is 4.55. The van der Waals surface area contributed by atoms with E-state index in [1.165, 1.54) is 0 Å². The summed E-state index contributed by atoms with van der Waals surface area (Å²) in [5, 5.41) is 2.52. The Morgan fingerprint density at radius 1 is 1.19 bits per heavy atom. The van der Waals surface area contributed by atoms with Gasteiger partial charge in [0.25, 0.3) is 5.91 Å². The van der Waals surface area contributed by atoms with Crippen LogP contribution in [0.4, 0.5) is 8.78 Å². The highest BCUT2D eigenvalue weighted by atomic mass is 19.1. The number of benzene rings is 2. The summed E-state index contributed by atoms with van der Waals surface area (Å²) in [6.45, 7) is 2.44. The van der Waals surface area contributed by atoms with Gasteiger partial charge in [-0.1, -0.05) is 12.1 Å². The van der Waals surface area contributed by atoms with Crippen LogP contribution in [0.3, 0.4) is 0 Å². The van der Waals surface area contributed by atoms with Crippen molar-refractivity contribution in [1.82, 2.24) is 5.32 Å². The van der Waals surface area contributed by atoms with Crippen molar-refractivity contribution in [1.29, 1.82) is 0 Å². The third kappa shape index (κ3) is 4.27. The van der Waals surface area contributed by atoms with Crippen LogP contribution in [-0.2, 0) is 0 Å². The Morgan fingerprint density at radius 2 is 2.00 bits per heavy atom. The second-order valence-electron chi connectivity index (χ2n) is 4.55. The van der Waals surface area contributed by atoms with E-state index in [0.717, 1.165) is 17.7 Å². The van der Waals surface area contributed by atoms with E-state index < -0.39 is 17.5 Å². The number of rotatable bonds is 5. The fraction of sp³-hybridized carbons (Fsp3) is 0.188. The zero-order valence-corrected chi connectivity index (χ0v) is 11.5. The zero-order valence-electron chi connectivity index (χ0n) is 11.5. The summed E-state index contributed by atoms with van der Waals surface area (Å²) in [6.07, 6.45) is 0. The average Bonchev–Trinajstić information content (AvgIpc) is 2.43. The van der Waals surface area contributed by atoms with E-state index in [4.69, 9.17) is 4.74 Å². The molecule has 0 saturated carbocycles. The fourth-order valence-electron chi connectivity index (χ4n) is 1.81. The molecule has 0 unspecified atom stereocenters. The molecular formula is C16H15F2NO2. The Morgan fingerprint density at radius 3 is 2.71 bits per heavy atom. The van der Waals surface area contributed by atoms with E-state index in [9.17, 15) is 13.6 Å². The summed E-state index contributed by atoms with van der Waals surface area (Å²) in [6, 6.07) is 10.3. The van der Waals surface area contributed by atoms with Crippen LogP contribution in [0.15, 0.2) is 42.5 Å². The molecule has 0 heterocycles. The van der Waals surface area contributed by atoms with E-state index >= 15 is 0 Å². The molecule has 0 radical (unpaired) electrons. The number of ether oxygens (including phenoxy) is 1. The average molecular weight is 291 g/mol. The van der Waals surface area contributed by atoms with Crippen LogP contribution in [0.5, 0.6) is 5.75 Å². The van der Waals surface area contributed by atoms with Gasteiger partial charge in [-0.25, -0.2) is 8.78 Å². The predicted molar refractivity (Wildman–Crippen MR) is 75.4 cm³/mol. The van der Waals surface area contributed by atoms with Crippen molar-refractivity contribution in [2.24, 2.45) is 0 Å². The number of halogens is 2. The van der Waals surface area contributed by atoms with Crippen LogP contribution < -0.4 is 10.1 Å². The molecule has 110 valence electrons. The number of hydrogen-bond acceptors (Lipinski definition) is 2. The van der Waals surface area contributed by atoms with Gasteiger partial charge >= 0.3 is 0 Å². The first-order chi connectivity index (χ1) is 10.1. The van der Waals surface area contributed by atoms with Crippen molar-refractivity contribution in [2.45, 2.75) is 6.92 Å². The highest BCUT2D eigenvalue weighted by Crippen LogP contribution is 2.12. The number of amides is 1. The van der Waals surface area contributed by atoms with Crippen LogP contribution in [0.2, 0.25) is 0 Å². The number of nitrogens with one attached hydrogen (secondary N) is 1. The van der Waals surface area contributed by atoms with Gasteiger partial charge in [0.1, 0.15) is 24.0 Å². The molecule has 0 atom stereocenters. The first-order valence-electron chi connectivity index (χ1n) is 6.49. The molecule has 0 aromatic heterocycles. The minimum atomic E-state index is -0.882. The lowest BCUT2D eigenvalue weighted by molar-refractivity contribution is 0.0943. The van der Waals surface area contributed by atoms with Crippen LogP contribution in [-0.4, -0.2) is 19.1 Å². The molecule has 1 amide bonds. The molecular weight excluding hydrogens is 276 g/mol. The summed E-state index contributed by atoms with van der Waals surface area (Å²) < 4.78 is 31.6. The minimum absolute atomic E-state index is 0.188. The summed E-state index contributed by atoms with van der Waals surface area (Å²) in [4.78, 5) is 11.7. The van der Waals surface area contributed by atoms with Crippen LogP contribution in [0.25, 0.3) is 0 Å². The van der Waals surface area contributed by atoms with Crippen molar-refractivity contribution in [3.8, 4) is 5.75 Å². The highest BCUT2D eigenvalue weighted by Gasteiger charge is 2.11. The largest absolute Gasteiger partial charge is 0.492 e. The van der Waals surface area contributed by atoms with Crippen molar-refractivity contribution in [2.75, 3.05) is 13.2 Å². The fourth-order valence-corrected chi connectivity index (χ4v) is 1.81. The van der Waals surface area contributed by atoms with Crippen molar-refractivity contribution in [3.05, 3.63) is 65.2 Å². The van der Waals surface area contributed by atoms with Crippen LogP contribution in [0, 0.1) is 18.6 Å². The van der Waals surface area contributed by atoms with Crippen LogP contribution in [0.1, 0.15) is 15.9 Å². The molecule has 5 heteroatoms. The molecule has 0 fully saturated rings. The summed E-state index contributed by atoms with van der Waals surface area (Å²) in [7, 11) is 0. The van der Waals surface area contributed by atoms with E-state index in [0.29, 0.717) is 11.8 Å². The van der Waals surface area contributed by atoms with E-state index in [1.807, 2.05) is 31.2 Å². The Kier molecular flexibility index (Phi) is 4.87. The molecule has 2 aromatic carbocycles. The standard InChI is InChI=1S/C16H15F2NO2/c1-11-3-2-4-13(9-11)21-8-7-19-16(20)14-6-5-12(17)10-15(14)18/h2-6,9-10H,7-8H2,1H3,(H,19,20). The third-order valence-electron chi connectivity index (χ3n) is 2.82. The second kappa shape index (κ2) is 6.83. The molecule has 0 bridgehead atoms.